The van der Waals surface area contributed by atoms with Crippen LogP contribution in [0.25, 0.3) is 0 Å². The Kier molecular flexibility index (Phi) is 5.17. The molecule has 2 N–H and O–H groups in total. The number of benzene rings is 1. The van der Waals surface area contributed by atoms with Crippen LogP contribution in [-0.4, -0.2) is 32.6 Å². The highest BCUT2D eigenvalue weighted by molar-refractivity contribution is 7.98. The third kappa shape index (κ3) is 4.25. The molecule has 0 radical (unpaired) electrons. The minimum Gasteiger partial charge on any atom is -0.333 e. The Morgan fingerprint density at radius 3 is 3.26 bits per heavy atom. The second-order valence-corrected chi connectivity index (χ2v) is 6.80. The number of rotatable bonds is 5. The Morgan fingerprint density at radius 1 is 1.48 bits per heavy atom. The summed E-state index contributed by atoms with van der Waals surface area (Å²) in [6.07, 6.45) is 3.30. The van der Waals surface area contributed by atoms with Crippen LogP contribution in [0.15, 0.2) is 30.6 Å². The molecule has 2 aromatic rings. The first-order valence-corrected chi connectivity index (χ1v) is 9.01. The Morgan fingerprint density at radius 2 is 2.39 bits per heavy atom. The molecular weight excluding hydrogens is 310 g/mol. The van der Waals surface area contributed by atoms with Crippen LogP contribution in [0, 0.1) is 0 Å². The van der Waals surface area contributed by atoms with Crippen molar-refractivity contribution in [3.63, 3.8) is 0 Å². The second kappa shape index (κ2) is 7.50. The fourth-order valence-corrected chi connectivity index (χ4v) is 3.29. The van der Waals surface area contributed by atoms with E-state index in [1.165, 1.54) is 5.56 Å². The fourth-order valence-electron chi connectivity index (χ4n) is 2.67. The fraction of sp³-hybridized carbons (Fsp3) is 0.438. The van der Waals surface area contributed by atoms with Gasteiger partial charge >= 0.3 is 6.03 Å². The number of aromatic nitrogens is 3. The quantitative estimate of drug-likeness (QED) is 0.883. The number of aryl methyl sites for hydroxylation is 1. The van der Waals surface area contributed by atoms with Crippen molar-refractivity contribution < 1.29 is 4.79 Å². The van der Waals surface area contributed by atoms with E-state index in [4.69, 9.17) is 0 Å². The van der Waals surface area contributed by atoms with E-state index in [2.05, 4.69) is 33.7 Å². The average Bonchev–Trinajstić information content (AvgIpc) is 3.01. The summed E-state index contributed by atoms with van der Waals surface area (Å²) < 4.78 is 1.86. The molecule has 0 bridgehead atoms. The standard InChI is InChI=1S/C16H21N5OS/c1-2-23-10-12-4-3-5-13(8-12)19-16(22)20-14-6-7-15-17-11-18-21(15)9-14/h3-5,8,11,14H,2,6-7,9-10H2,1H3,(H2,19,20,22). The van der Waals surface area contributed by atoms with Gasteiger partial charge in [-0.3, -0.25) is 0 Å². The molecule has 0 saturated heterocycles. The molecule has 122 valence electrons. The van der Waals surface area contributed by atoms with Crippen molar-refractivity contribution in [1.82, 2.24) is 20.1 Å². The molecule has 1 atom stereocenters. The van der Waals surface area contributed by atoms with Gasteiger partial charge in [0.2, 0.25) is 0 Å². The molecule has 1 aliphatic heterocycles. The summed E-state index contributed by atoms with van der Waals surface area (Å²) in [5.41, 5.74) is 2.05. The maximum atomic E-state index is 12.2. The van der Waals surface area contributed by atoms with Crippen LogP contribution in [0.2, 0.25) is 0 Å². The monoisotopic (exact) mass is 331 g/mol. The van der Waals surface area contributed by atoms with Crippen molar-refractivity contribution in [1.29, 1.82) is 0 Å². The molecule has 0 fully saturated rings. The van der Waals surface area contributed by atoms with Crippen LogP contribution < -0.4 is 10.6 Å². The number of fused-ring (bicyclic) bond motifs is 1. The average molecular weight is 331 g/mol. The zero-order valence-corrected chi connectivity index (χ0v) is 14.0. The number of thioether (sulfide) groups is 1. The predicted octanol–water partition coefficient (Wildman–Crippen LogP) is 2.67. The van der Waals surface area contributed by atoms with Crippen molar-refractivity contribution in [3.05, 3.63) is 42.0 Å². The molecule has 1 unspecified atom stereocenters. The van der Waals surface area contributed by atoms with E-state index in [1.807, 2.05) is 34.6 Å². The minimum absolute atomic E-state index is 0.0861. The summed E-state index contributed by atoms with van der Waals surface area (Å²) in [4.78, 5) is 16.4. The first kappa shape index (κ1) is 15.9. The molecule has 0 aliphatic carbocycles. The van der Waals surface area contributed by atoms with Crippen molar-refractivity contribution in [2.24, 2.45) is 0 Å². The third-order valence-electron chi connectivity index (χ3n) is 3.80. The Balaban J connectivity index is 1.53. The van der Waals surface area contributed by atoms with E-state index < -0.39 is 0 Å². The second-order valence-electron chi connectivity index (χ2n) is 5.53. The molecule has 3 rings (SSSR count). The summed E-state index contributed by atoms with van der Waals surface area (Å²) in [5.74, 6) is 3.04. The number of hydrogen-bond donors (Lipinski definition) is 2. The van der Waals surface area contributed by atoms with Gasteiger partial charge in [-0.25, -0.2) is 14.5 Å². The highest BCUT2D eigenvalue weighted by Gasteiger charge is 2.21. The topological polar surface area (TPSA) is 71.8 Å². The largest absolute Gasteiger partial charge is 0.333 e. The van der Waals surface area contributed by atoms with E-state index in [0.29, 0.717) is 6.54 Å². The van der Waals surface area contributed by atoms with Gasteiger partial charge in [0.15, 0.2) is 0 Å². The van der Waals surface area contributed by atoms with E-state index in [9.17, 15) is 4.79 Å². The van der Waals surface area contributed by atoms with Crippen LogP contribution in [0.4, 0.5) is 10.5 Å². The van der Waals surface area contributed by atoms with Gasteiger partial charge in [-0.15, -0.1) is 0 Å². The number of nitrogens with one attached hydrogen (secondary N) is 2. The van der Waals surface area contributed by atoms with Crippen LogP contribution in [0.5, 0.6) is 0 Å². The number of urea groups is 1. The zero-order valence-electron chi connectivity index (χ0n) is 13.2. The van der Waals surface area contributed by atoms with Gasteiger partial charge in [0, 0.05) is 17.9 Å². The maximum Gasteiger partial charge on any atom is 0.319 e. The molecule has 1 aromatic carbocycles. The first-order chi connectivity index (χ1) is 11.2. The summed E-state index contributed by atoms with van der Waals surface area (Å²) in [6.45, 7) is 2.82. The molecule has 0 spiro atoms. The van der Waals surface area contributed by atoms with Gasteiger partial charge in [-0.1, -0.05) is 19.1 Å². The van der Waals surface area contributed by atoms with Gasteiger partial charge in [0.1, 0.15) is 12.2 Å². The number of anilines is 1. The summed E-state index contributed by atoms with van der Waals surface area (Å²) >= 11 is 1.87. The minimum atomic E-state index is -0.168. The summed E-state index contributed by atoms with van der Waals surface area (Å²) in [7, 11) is 0. The molecule has 1 aromatic heterocycles. The number of amides is 2. The van der Waals surface area contributed by atoms with E-state index in [0.717, 1.165) is 35.9 Å². The SMILES string of the molecule is CCSCc1cccc(NC(=O)NC2CCc3ncnn3C2)c1. The Bertz CT molecular complexity index is 672. The molecule has 2 heterocycles. The Hall–Kier alpha value is -2.02. The highest BCUT2D eigenvalue weighted by atomic mass is 32.2. The molecule has 23 heavy (non-hydrogen) atoms. The summed E-state index contributed by atoms with van der Waals surface area (Å²) in [5, 5.41) is 10.1. The molecule has 2 amide bonds. The highest BCUT2D eigenvalue weighted by Crippen LogP contribution is 2.17. The molecular formula is C16H21N5OS. The normalized spacial score (nSPS) is 16.7. The van der Waals surface area contributed by atoms with Crippen LogP contribution in [0.3, 0.4) is 0 Å². The van der Waals surface area contributed by atoms with Crippen molar-refractivity contribution >= 4 is 23.5 Å². The number of carbonyl (C=O) groups is 1. The lowest BCUT2D eigenvalue weighted by atomic mass is 10.1. The van der Waals surface area contributed by atoms with Crippen LogP contribution in [-0.2, 0) is 18.7 Å². The molecule has 6 nitrogen and oxygen atoms in total. The van der Waals surface area contributed by atoms with Gasteiger partial charge in [-0.2, -0.15) is 16.9 Å². The van der Waals surface area contributed by atoms with Crippen molar-refractivity contribution in [2.45, 2.75) is 38.1 Å². The van der Waals surface area contributed by atoms with Gasteiger partial charge in [0.25, 0.3) is 0 Å². The van der Waals surface area contributed by atoms with Crippen LogP contribution in [0.1, 0.15) is 24.7 Å². The number of nitrogens with zero attached hydrogens (tertiary/aromatic N) is 3. The lowest BCUT2D eigenvalue weighted by Gasteiger charge is -2.23. The van der Waals surface area contributed by atoms with E-state index >= 15 is 0 Å². The van der Waals surface area contributed by atoms with Crippen molar-refractivity contribution in [2.75, 3.05) is 11.1 Å². The lowest BCUT2D eigenvalue weighted by Crippen LogP contribution is -2.43. The summed E-state index contributed by atoms with van der Waals surface area (Å²) in [6, 6.07) is 7.92. The van der Waals surface area contributed by atoms with Crippen LogP contribution >= 0.6 is 11.8 Å². The Labute approximate surface area is 140 Å². The predicted molar refractivity (Wildman–Crippen MR) is 92.6 cm³/mol. The molecule has 0 saturated carbocycles. The van der Waals surface area contributed by atoms with Gasteiger partial charge in [0.05, 0.1) is 12.6 Å². The van der Waals surface area contributed by atoms with E-state index in [1.54, 1.807) is 6.33 Å². The smallest absolute Gasteiger partial charge is 0.319 e. The maximum absolute atomic E-state index is 12.2. The van der Waals surface area contributed by atoms with Gasteiger partial charge < -0.3 is 10.6 Å². The number of hydrogen-bond acceptors (Lipinski definition) is 4. The molecule has 7 heteroatoms. The number of carbonyl (C=O) groups excluding carboxylic acids is 1. The van der Waals surface area contributed by atoms with Gasteiger partial charge in [-0.05, 0) is 29.9 Å². The zero-order chi connectivity index (χ0) is 16.1. The lowest BCUT2D eigenvalue weighted by molar-refractivity contribution is 0.243. The third-order valence-corrected chi connectivity index (χ3v) is 4.74. The van der Waals surface area contributed by atoms with Crippen molar-refractivity contribution in [3.8, 4) is 0 Å². The molecule has 1 aliphatic rings. The van der Waals surface area contributed by atoms with E-state index in [-0.39, 0.29) is 12.1 Å². The first-order valence-electron chi connectivity index (χ1n) is 7.85.